The molecule has 0 spiro atoms. The molecule has 0 aliphatic heterocycles. The second-order valence-corrected chi connectivity index (χ2v) is 8.76. The monoisotopic (exact) mass is 406 g/mol. The quantitative estimate of drug-likeness (QED) is 0.692. The molecule has 2 aromatic rings. The van der Waals surface area contributed by atoms with E-state index in [1.54, 1.807) is 23.3 Å². The molecule has 1 aliphatic carbocycles. The zero-order valence-corrected chi connectivity index (χ0v) is 17.2. The van der Waals surface area contributed by atoms with Crippen LogP contribution in [0.5, 0.6) is 0 Å². The molecule has 0 bridgehead atoms. The van der Waals surface area contributed by atoms with E-state index in [0.29, 0.717) is 19.6 Å². The number of hydrogen-bond donors (Lipinski definition) is 1. The van der Waals surface area contributed by atoms with E-state index in [1.165, 1.54) is 11.3 Å². The van der Waals surface area contributed by atoms with Gasteiger partial charge in [-0.25, -0.2) is 0 Å². The van der Waals surface area contributed by atoms with Gasteiger partial charge in [0.2, 0.25) is 11.8 Å². The van der Waals surface area contributed by atoms with E-state index in [2.05, 4.69) is 5.32 Å². The molecule has 1 fully saturated rings. The zero-order chi connectivity index (χ0) is 19.1. The molecular weight excluding hydrogens is 380 g/mol. The Morgan fingerprint density at radius 3 is 2.59 bits per heavy atom. The van der Waals surface area contributed by atoms with Crippen LogP contribution < -0.4 is 5.32 Å². The standard InChI is InChI=1S/C20H26N2O3S2/c1-25-11-10-22(18(23)14-16-8-4-12-26-16)19(17-9-5-13-27-17)20(24)21-15-6-2-3-7-15/h4-5,8-9,12-13,15,19H,2-3,6-7,10-11,14H2,1H3,(H,21,24)/t19-/m1/s1. The lowest BCUT2D eigenvalue weighted by molar-refractivity contribution is -0.141. The number of nitrogens with zero attached hydrogens (tertiary/aromatic N) is 1. The number of ether oxygens (including phenoxy) is 1. The van der Waals surface area contributed by atoms with Gasteiger partial charge in [-0.05, 0) is 35.7 Å². The molecule has 5 nitrogen and oxygen atoms in total. The highest BCUT2D eigenvalue weighted by Crippen LogP contribution is 2.28. The third-order valence-electron chi connectivity index (χ3n) is 4.84. The third-order valence-corrected chi connectivity index (χ3v) is 6.64. The second-order valence-electron chi connectivity index (χ2n) is 6.74. The van der Waals surface area contributed by atoms with Crippen LogP contribution in [-0.2, 0) is 20.7 Å². The van der Waals surface area contributed by atoms with Gasteiger partial charge in [0.05, 0.1) is 13.0 Å². The number of amides is 2. The number of carbonyl (C=O) groups is 2. The molecule has 0 radical (unpaired) electrons. The lowest BCUT2D eigenvalue weighted by atomic mass is 10.1. The highest BCUT2D eigenvalue weighted by atomic mass is 32.1. The van der Waals surface area contributed by atoms with Crippen molar-refractivity contribution in [2.75, 3.05) is 20.3 Å². The molecule has 1 aliphatic rings. The molecule has 0 unspecified atom stereocenters. The van der Waals surface area contributed by atoms with Gasteiger partial charge in [-0.1, -0.05) is 25.0 Å². The fraction of sp³-hybridized carbons (Fsp3) is 0.500. The van der Waals surface area contributed by atoms with Crippen molar-refractivity contribution in [3.63, 3.8) is 0 Å². The van der Waals surface area contributed by atoms with E-state index in [4.69, 9.17) is 4.74 Å². The number of methoxy groups -OCH3 is 1. The Morgan fingerprint density at radius 1 is 1.22 bits per heavy atom. The van der Waals surface area contributed by atoms with Crippen LogP contribution in [0.3, 0.4) is 0 Å². The van der Waals surface area contributed by atoms with Crippen molar-refractivity contribution in [1.82, 2.24) is 10.2 Å². The number of nitrogens with one attached hydrogen (secondary N) is 1. The Bertz CT molecular complexity index is 710. The lowest BCUT2D eigenvalue weighted by Crippen LogP contribution is -2.47. The molecule has 7 heteroatoms. The van der Waals surface area contributed by atoms with Gasteiger partial charge in [0.25, 0.3) is 0 Å². The maximum absolute atomic E-state index is 13.2. The van der Waals surface area contributed by atoms with Crippen LogP contribution in [0.15, 0.2) is 35.0 Å². The van der Waals surface area contributed by atoms with E-state index in [-0.39, 0.29) is 17.9 Å². The number of hydrogen-bond acceptors (Lipinski definition) is 5. The van der Waals surface area contributed by atoms with Crippen LogP contribution in [0.4, 0.5) is 0 Å². The SMILES string of the molecule is COCCN(C(=O)Cc1cccs1)[C@@H](C(=O)NC1CCCC1)c1cccs1. The van der Waals surface area contributed by atoms with E-state index in [0.717, 1.165) is 35.4 Å². The molecule has 1 saturated carbocycles. The van der Waals surface area contributed by atoms with Crippen molar-refractivity contribution < 1.29 is 14.3 Å². The maximum Gasteiger partial charge on any atom is 0.248 e. The van der Waals surface area contributed by atoms with E-state index >= 15 is 0 Å². The van der Waals surface area contributed by atoms with Gasteiger partial charge in [-0.3, -0.25) is 9.59 Å². The molecule has 3 rings (SSSR count). The van der Waals surface area contributed by atoms with Crippen molar-refractivity contribution in [2.24, 2.45) is 0 Å². The third kappa shape index (κ3) is 5.40. The van der Waals surface area contributed by atoms with Crippen LogP contribution in [0.1, 0.15) is 41.5 Å². The Morgan fingerprint density at radius 2 is 1.96 bits per heavy atom. The number of rotatable bonds is 9. The average Bonchev–Trinajstić information content (AvgIpc) is 3.41. The lowest BCUT2D eigenvalue weighted by Gasteiger charge is -2.31. The summed E-state index contributed by atoms with van der Waals surface area (Å²) in [6, 6.07) is 7.37. The summed E-state index contributed by atoms with van der Waals surface area (Å²) in [5.74, 6) is -0.130. The van der Waals surface area contributed by atoms with Gasteiger partial charge in [0.1, 0.15) is 6.04 Å². The van der Waals surface area contributed by atoms with Gasteiger partial charge in [-0.15, -0.1) is 22.7 Å². The Kier molecular flexibility index (Phi) is 7.43. The molecule has 1 atom stereocenters. The van der Waals surface area contributed by atoms with Gasteiger partial charge in [0.15, 0.2) is 0 Å². The van der Waals surface area contributed by atoms with E-state index < -0.39 is 6.04 Å². The van der Waals surface area contributed by atoms with E-state index in [9.17, 15) is 9.59 Å². The summed E-state index contributed by atoms with van der Waals surface area (Å²) in [6.07, 6.45) is 4.65. The summed E-state index contributed by atoms with van der Waals surface area (Å²) < 4.78 is 5.22. The molecule has 27 heavy (non-hydrogen) atoms. The molecule has 1 N–H and O–H groups in total. The average molecular weight is 407 g/mol. The summed E-state index contributed by atoms with van der Waals surface area (Å²) in [5.41, 5.74) is 0. The molecule has 2 amide bonds. The summed E-state index contributed by atoms with van der Waals surface area (Å²) in [6.45, 7) is 0.788. The highest BCUT2D eigenvalue weighted by Gasteiger charge is 2.33. The topological polar surface area (TPSA) is 58.6 Å². The van der Waals surface area contributed by atoms with Crippen LogP contribution >= 0.6 is 22.7 Å². The second kappa shape index (κ2) is 10.0. The van der Waals surface area contributed by atoms with E-state index in [1.807, 2.05) is 35.0 Å². The first-order valence-electron chi connectivity index (χ1n) is 9.33. The predicted octanol–water partition coefficient (Wildman–Crippen LogP) is 3.63. The van der Waals surface area contributed by atoms with Gasteiger partial charge in [0, 0.05) is 29.5 Å². The van der Waals surface area contributed by atoms with Crippen molar-refractivity contribution >= 4 is 34.5 Å². The minimum atomic E-state index is -0.604. The minimum Gasteiger partial charge on any atom is -0.383 e. The number of thiophene rings is 2. The molecule has 0 aromatic carbocycles. The normalized spacial score (nSPS) is 15.6. The summed E-state index contributed by atoms with van der Waals surface area (Å²) >= 11 is 3.07. The first kappa shape index (κ1) is 20.0. The van der Waals surface area contributed by atoms with Crippen LogP contribution in [-0.4, -0.2) is 43.0 Å². The van der Waals surface area contributed by atoms with Crippen molar-refractivity contribution in [3.8, 4) is 0 Å². The Labute approximate surface area is 168 Å². The molecule has 2 heterocycles. The zero-order valence-electron chi connectivity index (χ0n) is 15.6. The first-order chi connectivity index (χ1) is 13.2. The van der Waals surface area contributed by atoms with Crippen molar-refractivity contribution in [1.29, 1.82) is 0 Å². The summed E-state index contributed by atoms with van der Waals surface area (Å²) in [4.78, 5) is 29.8. The highest BCUT2D eigenvalue weighted by molar-refractivity contribution is 7.10. The largest absolute Gasteiger partial charge is 0.383 e. The van der Waals surface area contributed by atoms with Gasteiger partial charge in [-0.2, -0.15) is 0 Å². The van der Waals surface area contributed by atoms with Crippen molar-refractivity contribution in [2.45, 2.75) is 44.2 Å². The summed E-state index contributed by atoms with van der Waals surface area (Å²) in [5, 5.41) is 7.09. The van der Waals surface area contributed by atoms with Gasteiger partial charge >= 0.3 is 0 Å². The summed E-state index contributed by atoms with van der Waals surface area (Å²) in [7, 11) is 1.61. The Hall–Kier alpha value is -1.70. The molecular formula is C20H26N2O3S2. The first-order valence-corrected chi connectivity index (χ1v) is 11.1. The fourth-order valence-electron chi connectivity index (χ4n) is 3.47. The predicted molar refractivity (Wildman–Crippen MR) is 109 cm³/mol. The molecule has 2 aromatic heterocycles. The van der Waals surface area contributed by atoms with Crippen LogP contribution in [0, 0.1) is 0 Å². The minimum absolute atomic E-state index is 0.0468. The molecule has 0 saturated heterocycles. The smallest absolute Gasteiger partial charge is 0.248 e. The molecule has 146 valence electrons. The van der Waals surface area contributed by atoms with Crippen LogP contribution in [0.25, 0.3) is 0 Å². The van der Waals surface area contributed by atoms with Crippen molar-refractivity contribution in [3.05, 3.63) is 44.8 Å². The number of carbonyl (C=O) groups excluding carboxylic acids is 2. The maximum atomic E-state index is 13.2. The van der Waals surface area contributed by atoms with Crippen LogP contribution in [0.2, 0.25) is 0 Å². The van der Waals surface area contributed by atoms with Gasteiger partial charge < -0.3 is 15.0 Å². The fourth-order valence-corrected chi connectivity index (χ4v) is 5.00. The Balaban J connectivity index is 1.82.